The number of phosphoric acid groups is 4. The molecule has 0 aliphatic carbocycles. The quantitative estimate of drug-likeness (QED) is 0.0290. The van der Waals surface area contributed by atoms with Crippen molar-refractivity contribution >= 4 is 71.2 Å². The molecule has 0 saturated carbocycles. The van der Waals surface area contributed by atoms with Gasteiger partial charge in [-0.3, -0.25) is 88.4 Å². The van der Waals surface area contributed by atoms with Crippen LogP contribution in [-0.4, -0.2) is 180 Å². The van der Waals surface area contributed by atoms with Crippen LogP contribution in [-0.2, 0) is 78.1 Å². The van der Waals surface area contributed by atoms with Gasteiger partial charge in [-0.05, 0) is 26.8 Å². The molecule has 45 nitrogen and oxygen atoms in total. The number of aryl methyl sites for hydroxylation is 2. The average Bonchev–Trinajstić information content (AvgIpc) is 1.65. The molecule has 4 unspecified atom stereocenters. The smallest absolute Gasteiger partial charge is 0.390 e. The third-order valence-corrected chi connectivity index (χ3v) is 20.3. The Morgan fingerprint density at radius 3 is 1.46 bits per heavy atom. The van der Waals surface area contributed by atoms with E-state index in [1.807, 2.05) is 0 Å². The molecule has 14 N–H and O–H groups in total. The van der Waals surface area contributed by atoms with Crippen molar-refractivity contribution in [3.05, 3.63) is 117 Å². The number of nitrogens with zero attached hydrogens (tertiary/aromatic N) is 11. The Hall–Kier alpha value is -7.26. The van der Waals surface area contributed by atoms with E-state index in [-0.39, 0.29) is 63.9 Å². The van der Waals surface area contributed by atoms with Gasteiger partial charge >= 0.3 is 48.4 Å². The predicted molar refractivity (Wildman–Crippen MR) is 324 cm³/mol. The molecule has 98 heavy (non-hydrogen) atoms. The highest BCUT2D eigenvalue weighted by Crippen LogP contribution is 2.55. The summed E-state index contributed by atoms with van der Waals surface area (Å²) in [6, 6.07) is 1.34. The number of nitrogens with two attached hydrogens (primary N) is 3. The topological polar surface area (TPSA) is 619 Å². The van der Waals surface area contributed by atoms with Crippen LogP contribution in [0.5, 0.6) is 0 Å². The zero-order chi connectivity index (χ0) is 70.1. The maximum atomic E-state index is 14.2. The summed E-state index contributed by atoms with van der Waals surface area (Å²) in [5.41, 5.74) is 12.5. The van der Waals surface area contributed by atoms with E-state index < -0.39 is 203 Å². The lowest BCUT2D eigenvalue weighted by Gasteiger charge is -2.25. The fraction of sp³-hybridized carbons (Fsp3) is 0.551. The summed E-state index contributed by atoms with van der Waals surface area (Å²) < 4.78 is 135. The fourth-order valence-electron chi connectivity index (χ4n) is 11.5. The molecule has 7 aromatic heterocycles. The Kier molecular flexibility index (Phi) is 20.0. The number of nitrogen functional groups attached to an aromatic ring is 3. The molecule has 0 amide bonds. The molecule has 0 bridgehead atoms. The van der Waals surface area contributed by atoms with Crippen LogP contribution >= 0.6 is 31.3 Å². The average molecular weight is 1460 g/mol. The van der Waals surface area contributed by atoms with E-state index in [1.165, 1.54) is 54.8 Å². The zero-order valence-corrected chi connectivity index (χ0v) is 54.7. The molecule has 0 radical (unpaired) electrons. The normalized spacial score (nSPS) is 29.9. The fourth-order valence-corrected chi connectivity index (χ4v) is 15.4. The molecule has 19 atom stereocenters. The van der Waals surface area contributed by atoms with Crippen molar-refractivity contribution in [2.75, 3.05) is 43.6 Å². The molecule has 5 saturated heterocycles. The van der Waals surface area contributed by atoms with Gasteiger partial charge in [0.25, 0.3) is 16.7 Å². The lowest BCUT2D eigenvalue weighted by Crippen LogP contribution is -2.33. The number of nitrogens with one attached hydrogen (secondary N) is 3. The molecule has 0 spiro atoms. The second kappa shape index (κ2) is 27.7. The van der Waals surface area contributed by atoms with E-state index in [9.17, 15) is 71.7 Å². The molecular weight excluding hydrogens is 1400 g/mol. The third kappa shape index (κ3) is 15.5. The first-order valence-corrected chi connectivity index (χ1v) is 35.5. The molecule has 5 aliphatic heterocycles. The first kappa shape index (κ1) is 70.6. The van der Waals surface area contributed by atoms with Crippen LogP contribution in [0, 0.1) is 13.8 Å². The predicted octanol–water partition coefficient (Wildman–Crippen LogP) is -1.49. The van der Waals surface area contributed by atoms with Crippen molar-refractivity contribution in [1.29, 1.82) is 0 Å². The van der Waals surface area contributed by atoms with Gasteiger partial charge in [0.2, 0.25) is 5.95 Å². The highest BCUT2D eigenvalue weighted by atomic mass is 31.2. The van der Waals surface area contributed by atoms with Crippen LogP contribution < -0.4 is 50.9 Å². The molecule has 0 aromatic carbocycles. The number of rotatable bonds is 25. The second-order valence-corrected chi connectivity index (χ2v) is 28.7. The maximum absolute atomic E-state index is 14.2. The highest BCUT2D eigenvalue weighted by Gasteiger charge is 2.50. The number of aromatic nitrogens is 14. The van der Waals surface area contributed by atoms with E-state index in [2.05, 4.69) is 44.9 Å². The first-order valence-electron chi connectivity index (χ1n) is 29.5. The molecule has 5 aliphatic rings. The molecule has 12 heterocycles. The van der Waals surface area contributed by atoms with Crippen molar-refractivity contribution in [2.45, 2.75) is 145 Å². The number of aliphatic hydroxyl groups is 1. The summed E-state index contributed by atoms with van der Waals surface area (Å²) in [6.07, 6.45) is -15.3. The summed E-state index contributed by atoms with van der Waals surface area (Å²) in [5.74, 6) is -0.321. The molecule has 7 aromatic rings. The van der Waals surface area contributed by atoms with Crippen LogP contribution in [0.2, 0.25) is 0 Å². The Morgan fingerprint density at radius 1 is 0.520 bits per heavy atom. The van der Waals surface area contributed by atoms with Crippen LogP contribution in [0.3, 0.4) is 0 Å². The van der Waals surface area contributed by atoms with Gasteiger partial charge in [0.05, 0.1) is 57.4 Å². The van der Waals surface area contributed by atoms with Gasteiger partial charge in [0.15, 0.2) is 22.6 Å². The number of hydrogen-bond donors (Lipinski definition) is 11. The highest BCUT2D eigenvalue weighted by molar-refractivity contribution is 7.48. The summed E-state index contributed by atoms with van der Waals surface area (Å²) in [7, 11) is -21.5. The van der Waals surface area contributed by atoms with E-state index in [0.29, 0.717) is 0 Å². The number of imidazole rings is 2. The third-order valence-electron chi connectivity index (χ3n) is 16.3. The van der Waals surface area contributed by atoms with Gasteiger partial charge in [-0.1, -0.05) is 0 Å². The largest absolute Gasteiger partial charge is 0.472 e. The Morgan fingerprint density at radius 2 is 0.949 bits per heavy atom. The minimum absolute atomic E-state index is 0.00587. The number of phosphoric ester groups is 4. The summed E-state index contributed by atoms with van der Waals surface area (Å²) in [4.78, 5) is 152. The van der Waals surface area contributed by atoms with Crippen molar-refractivity contribution < 1.29 is 103 Å². The lowest BCUT2D eigenvalue weighted by atomic mass is 10.2. The number of H-pyrrole nitrogens is 3. The number of ether oxygens (including phenoxy) is 5. The van der Waals surface area contributed by atoms with Gasteiger partial charge in [0, 0.05) is 61.8 Å². The van der Waals surface area contributed by atoms with Gasteiger partial charge in [-0.15, -0.1) is 0 Å². The van der Waals surface area contributed by atoms with Gasteiger partial charge in [-0.2, -0.15) is 9.97 Å². The standard InChI is InChI=1S/C49H63N17O28P4/c1-20-11-63(48(72)60-43(20)68)35-8-25(92-96(76,77)82-13-28-23(67)6-33(87-28)65-18-55-38-40(51)53-17-54-41(38)65)29(88-35)14-84-97(78,79)93-26-9-36(64-12-21(2)44(69)61-49(64)73)89-30(26)15-85-98(80,81)94-27-10-37(66-19-56-39-42(66)58-46(52)59-45(39)70)90-31(27)16-83-95(74,75)91-24-7-34(86-22(24)3)62-5-4-32(50)57-47(62)71/h4-5,11-12,17-19,22-31,33-37,67H,6-10,13-16H2,1-3H3,(H,74,75)(H,76,77)(H,78,79)(H,80,81)(H2,50,57,71)(H2,51,53,54)(H,60,68,72)(H,61,69,73)(H3,52,58,59,70)/t22-,23+,24+,25+,26+,27+,28-,29-,30-,31-,33-,34-,35-,36-,37-/m1/s1. The van der Waals surface area contributed by atoms with Crippen molar-refractivity contribution in [3.8, 4) is 0 Å². The SMILES string of the molecule is Cc1cn([C@H]2C[C@H](OP(=O)(O)OC[C@H]3O[C@@H](n4cnc5c(N)ncnc54)C[C@@H]3O)[C@@H](COP(=O)(O)O[C@H]3C[C@H](n4cc(C)c(=O)[nH]c4=O)O[C@@H]3COP(=O)(O)O[C@H]3C[C@H](n4cnc5c(=O)[nH]c(N)nc54)O[C@@H]3COP(=O)(O)O[C@H]3C[C@H](n4ccc(N)nc4=O)O[C@@H]3C)O2)c(=O)[nH]c1=O. The van der Waals surface area contributed by atoms with Gasteiger partial charge in [0.1, 0.15) is 91.5 Å². The van der Waals surface area contributed by atoms with Crippen LogP contribution in [0.4, 0.5) is 17.6 Å². The van der Waals surface area contributed by atoms with Crippen LogP contribution in [0.1, 0.15) is 81.3 Å². The Labute approximate surface area is 546 Å². The maximum Gasteiger partial charge on any atom is 0.472 e. The molecule has 49 heteroatoms. The Balaban J connectivity index is 0.737. The van der Waals surface area contributed by atoms with Crippen molar-refractivity contribution in [1.82, 2.24) is 67.7 Å². The number of aliphatic hydroxyl groups excluding tert-OH is 1. The van der Waals surface area contributed by atoms with Crippen molar-refractivity contribution in [2.24, 2.45) is 0 Å². The van der Waals surface area contributed by atoms with E-state index in [1.54, 1.807) is 0 Å². The Bertz CT molecular complexity index is 4750. The molecule has 12 rings (SSSR count). The second-order valence-electron chi connectivity index (χ2n) is 23.0. The van der Waals surface area contributed by atoms with Crippen LogP contribution in [0.25, 0.3) is 22.3 Å². The number of aromatic amines is 3. The molecule has 5 fully saturated rings. The number of anilines is 3. The molecular formula is C49H63N17O28P4. The minimum Gasteiger partial charge on any atom is -0.390 e. The minimum atomic E-state index is -5.54. The van der Waals surface area contributed by atoms with Crippen molar-refractivity contribution in [3.63, 3.8) is 0 Å². The molecule has 532 valence electrons. The number of fused-ring (bicyclic) bond motifs is 2. The lowest BCUT2D eigenvalue weighted by molar-refractivity contribution is -0.0638. The first-order chi connectivity index (χ1) is 46.2. The summed E-state index contributed by atoms with van der Waals surface area (Å²) >= 11 is 0. The summed E-state index contributed by atoms with van der Waals surface area (Å²) in [5, 5.41) is 10.9. The van der Waals surface area contributed by atoms with E-state index in [0.717, 1.165) is 32.4 Å². The monoisotopic (exact) mass is 1460 g/mol. The van der Waals surface area contributed by atoms with Crippen LogP contribution in [0.15, 0.2) is 72.4 Å². The van der Waals surface area contributed by atoms with E-state index >= 15 is 0 Å². The summed E-state index contributed by atoms with van der Waals surface area (Å²) in [6.45, 7) is 0.386. The number of hydrogen-bond acceptors (Lipinski definition) is 33. The van der Waals surface area contributed by atoms with Gasteiger partial charge < -0.3 is 65.6 Å². The zero-order valence-electron chi connectivity index (χ0n) is 51.1. The van der Waals surface area contributed by atoms with Gasteiger partial charge in [-0.25, -0.2) is 52.6 Å². The van der Waals surface area contributed by atoms with E-state index in [4.69, 9.17) is 77.1 Å².